The van der Waals surface area contributed by atoms with Gasteiger partial charge in [-0.2, -0.15) is 5.10 Å². The molecule has 2 aromatic heterocycles. The molecule has 8 heteroatoms. The van der Waals surface area contributed by atoms with Crippen LogP contribution >= 0.6 is 0 Å². The van der Waals surface area contributed by atoms with Crippen LogP contribution in [0.25, 0.3) is 0 Å². The van der Waals surface area contributed by atoms with Crippen LogP contribution in [-0.4, -0.2) is 40.4 Å². The summed E-state index contributed by atoms with van der Waals surface area (Å²) in [7, 11) is -1.97. The van der Waals surface area contributed by atoms with Gasteiger partial charge in [0.05, 0.1) is 17.5 Å². The van der Waals surface area contributed by atoms with E-state index in [2.05, 4.69) is 14.8 Å². The Kier molecular flexibility index (Phi) is 4.95. The maximum atomic E-state index is 13.0. The molecule has 7 nitrogen and oxygen atoms in total. The van der Waals surface area contributed by atoms with E-state index in [1.54, 1.807) is 31.8 Å². The molecule has 0 aromatic carbocycles. The summed E-state index contributed by atoms with van der Waals surface area (Å²) in [4.78, 5) is 4.54. The summed E-state index contributed by atoms with van der Waals surface area (Å²) < 4.78 is 30.4. The lowest BCUT2D eigenvalue weighted by atomic mass is 9.76. The minimum atomic E-state index is -3.70. The van der Waals surface area contributed by atoms with Crippen LogP contribution in [0.2, 0.25) is 0 Å². The topological polar surface area (TPSA) is 97.1 Å². The number of hydrogen-bond donors (Lipinski definition) is 2. The van der Waals surface area contributed by atoms with Crippen LogP contribution in [0.5, 0.6) is 0 Å². The van der Waals surface area contributed by atoms with Crippen LogP contribution < -0.4 is 4.72 Å². The van der Waals surface area contributed by atoms with Crippen molar-refractivity contribution in [1.82, 2.24) is 19.5 Å². The predicted molar refractivity (Wildman–Crippen MR) is 93.5 cm³/mol. The number of aromatic nitrogens is 3. The van der Waals surface area contributed by atoms with Gasteiger partial charge >= 0.3 is 0 Å². The highest BCUT2D eigenvalue weighted by atomic mass is 32.2. The maximum absolute atomic E-state index is 13.0. The van der Waals surface area contributed by atoms with Gasteiger partial charge < -0.3 is 5.11 Å². The number of sulfonamides is 1. The van der Waals surface area contributed by atoms with Gasteiger partial charge in [-0.3, -0.25) is 9.67 Å². The molecule has 0 aliphatic heterocycles. The van der Waals surface area contributed by atoms with Gasteiger partial charge in [0, 0.05) is 31.4 Å². The molecular formula is C17H24N4O3S. The largest absolute Gasteiger partial charge is 0.393 e. The number of aliphatic hydroxyl groups excluding tert-OH is 1. The smallest absolute Gasteiger partial charge is 0.244 e. The molecule has 0 saturated heterocycles. The summed E-state index contributed by atoms with van der Waals surface area (Å²) in [6.07, 6.45) is 3.06. The fourth-order valence-electron chi connectivity index (χ4n) is 3.41. The summed E-state index contributed by atoms with van der Waals surface area (Å²) in [5.41, 5.74) is 1.92. The third-order valence-corrected chi connectivity index (χ3v) is 6.63. The monoisotopic (exact) mass is 364 g/mol. The molecule has 1 fully saturated rings. The van der Waals surface area contributed by atoms with E-state index < -0.39 is 10.0 Å². The third kappa shape index (κ3) is 3.75. The Morgan fingerprint density at radius 3 is 2.60 bits per heavy atom. The highest BCUT2D eigenvalue weighted by molar-refractivity contribution is 7.89. The normalized spacial score (nSPS) is 21.8. The van der Waals surface area contributed by atoms with Crippen molar-refractivity contribution >= 4 is 10.0 Å². The molecule has 0 bridgehead atoms. The first-order valence-electron chi connectivity index (χ1n) is 8.38. The minimum Gasteiger partial charge on any atom is -0.393 e. The highest BCUT2D eigenvalue weighted by Crippen LogP contribution is 2.32. The van der Waals surface area contributed by atoms with Crippen LogP contribution in [0.15, 0.2) is 29.3 Å². The third-order valence-electron chi connectivity index (χ3n) is 4.89. The van der Waals surface area contributed by atoms with Gasteiger partial charge in [0.25, 0.3) is 0 Å². The Balaban J connectivity index is 1.86. The van der Waals surface area contributed by atoms with E-state index in [0.717, 1.165) is 5.69 Å². The predicted octanol–water partition coefficient (Wildman–Crippen LogP) is 1.09. The molecule has 136 valence electrons. The summed E-state index contributed by atoms with van der Waals surface area (Å²) >= 11 is 0. The van der Waals surface area contributed by atoms with Crippen LogP contribution in [0, 0.1) is 19.8 Å². The van der Waals surface area contributed by atoms with Gasteiger partial charge in [0.2, 0.25) is 10.0 Å². The number of aryl methyl sites for hydroxylation is 2. The second kappa shape index (κ2) is 6.86. The number of hydrogen-bond acceptors (Lipinski definition) is 5. The molecule has 2 heterocycles. The van der Waals surface area contributed by atoms with Crippen molar-refractivity contribution in [3.05, 3.63) is 41.5 Å². The fourth-order valence-corrected chi connectivity index (χ4v) is 5.15. The summed E-state index contributed by atoms with van der Waals surface area (Å²) in [5.74, 6) is 0.101. The van der Waals surface area contributed by atoms with Gasteiger partial charge in [0.15, 0.2) is 0 Å². The average molecular weight is 364 g/mol. The average Bonchev–Trinajstić information content (AvgIpc) is 2.77. The Morgan fingerprint density at radius 1 is 1.36 bits per heavy atom. The zero-order valence-corrected chi connectivity index (χ0v) is 15.5. The Labute approximate surface area is 148 Å². The van der Waals surface area contributed by atoms with E-state index in [1.165, 1.54) is 0 Å². The lowest BCUT2D eigenvalue weighted by Gasteiger charge is -2.37. The molecule has 2 N–H and O–H groups in total. The van der Waals surface area contributed by atoms with E-state index >= 15 is 0 Å². The number of pyridine rings is 1. The standard InChI is InChI=1S/C17H24N4O3S/c1-11-17(12(2)21(3)19-11)25(23,24)20-16(13-8-15(22)9-13)10-14-6-4-5-7-18-14/h4-7,13,15-16,20,22H,8-10H2,1-3H3. The van der Waals surface area contributed by atoms with E-state index in [-0.39, 0.29) is 23.0 Å². The van der Waals surface area contributed by atoms with Gasteiger partial charge in [-0.1, -0.05) is 6.07 Å². The van der Waals surface area contributed by atoms with Crippen LogP contribution in [0.3, 0.4) is 0 Å². The highest BCUT2D eigenvalue weighted by Gasteiger charge is 2.37. The summed E-state index contributed by atoms with van der Waals surface area (Å²) in [6, 6.07) is 5.30. The Hall–Kier alpha value is -1.77. The van der Waals surface area contributed by atoms with Gasteiger partial charge in [-0.05, 0) is 44.7 Å². The first-order chi connectivity index (χ1) is 11.8. The van der Waals surface area contributed by atoms with Crippen LogP contribution in [0.1, 0.15) is 29.9 Å². The van der Waals surface area contributed by atoms with Gasteiger partial charge in [-0.25, -0.2) is 13.1 Å². The quantitative estimate of drug-likeness (QED) is 0.800. The van der Waals surface area contributed by atoms with E-state index in [9.17, 15) is 13.5 Å². The van der Waals surface area contributed by atoms with Crippen molar-refractivity contribution < 1.29 is 13.5 Å². The van der Waals surface area contributed by atoms with Crippen LogP contribution in [0.4, 0.5) is 0 Å². The van der Waals surface area contributed by atoms with Crippen molar-refractivity contribution in [2.45, 2.75) is 50.2 Å². The number of nitrogens with one attached hydrogen (secondary N) is 1. The number of rotatable bonds is 6. The summed E-state index contributed by atoms with van der Waals surface area (Å²) in [6.45, 7) is 3.44. The molecule has 1 aliphatic rings. The zero-order valence-electron chi connectivity index (χ0n) is 14.7. The number of aliphatic hydroxyl groups is 1. The molecule has 25 heavy (non-hydrogen) atoms. The van der Waals surface area contributed by atoms with Crippen molar-refractivity contribution in [3.8, 4) is 0 Å². The van der Waals surface area contributed by atoms with Crippen molar-refractivity contribution in [1.29, 1.82) is 0 Å². The minimum absolute atomic E-state index is 0.101. The second-order valence-electron chi connectivity index (χ2n) is 6.76. The molecule has 1 atom stereocenters. The van der Waals surface area contributed by atoms with E-state index in [1.807, 2.05) is 18.2 Å². The second-order valence-corrected chi connectivity index (χ2v) is 8.41. The first kappa shape index (κ1) is 18.0. The van der Waals surface area contributed by atoms with Crippen molar-refractivity contribution in [3.63, 3.8) is 0 Å². The molecule has 1 saturated carbocycles. The maximum Gasteiger partial charge on any atom is 0.244 e. The van der Waals surface area contributed by atoms with E-state index in [0.29, 0.717) is 30.7 Å². The Bertz CT molecular complexity index is 842. The van der Waals surface area contributed by atoms with Gasteiger partial charge in [0.1, 0.15) is 4.90 Å². The molecule has 1 unspecified atom stereocenters. The lowest BCUT2D eigenvalue weighted by molar-refractivity contribution is 0.0282. The Morgan fingerprint density at radius 2 is 2.08 bits per heavy atom. The zero-order chi connectivity index (χ0) is 18.2. The lowest BCUT2D eigenvalue weighted by Crippen LogP contribution is -2.48. The SMILES string of the molecule is Cc1nn(C)c(C)c1S(=O)(=O)NC(Cc1ccccn1)C1CC(O)C1. The molecule has 3 rings (SSSR count). The molecular weight excluding hydrogens is 340 g/mol. The summed E-state index contributed by atoms with van der Waals surface area (Å²) in [5, 5.41) is 13.8. The molecule has 0 radical (unpaired) electrons. The molecule has 1 aliphatic carbocycles. The molecule has 2 aromatic rings. The van der Waals surface area contributed by atoms with Crippen molar-refractivity contribution in [2.24, 2.45) is 13.0 Å². The molecule has 0 amide bonds. The van der Waals surface area contributed by atoms with Crippen molar-refractivity contribution in [2.75, 3.05) is 0 Å². The first-order valence-corrected chi connectivity index (χ1v) is 9.86. The fraction of sp³-hybridized carbons (Fsp3) is 0.529. The number of nitrogens with zero attached hydrogens (tertiary/aromatic N) is 3. The van der Waals surface area contributed by atoms with E-state index in [4.69, 9.17) is 0 Å². The van der Waals surface area contributed by atoms with Gasteiger partial charge in [-0.15, -0.1) is 0 Å². The molecule has 0 spiro atoms. The van der Waals surface area contributed by atoms with Crippen LogP contribution in [-0.2, 0) is 23.5 Å².